The molecule has 4 heteroatoms. The summed E-state index contributed by atoms with van der Waals surface area (Å²) in [5.41, 5.74) is 0. The quantitative estimate of drug-likeness (QED) is 0.252. The summed E-state index contributed by atoms with van der Waals surface area (Å²) in [5.74, 6) is 0. The van der Waals surface area contributed by atoms with Gasteiger partial charge < -0.3 is 39.2 Å². The van der Waals surface area contributed by atoms with Gasteiger partial charge in [0.1, 0.15) is 0 Å². The summed E-state index contributed by atoms with van der Waals surface area (Å²) in [6.07, 6.45) is 13.5. The zero-order chi connectivity index (χ0) is 15.1. The predicted molar refractivity (Wildman–Crippen MR) is 90.6 cm³/mol. The number of halogens is 2. The van der Waals surface area contributed by atoms with Crippen LogP contribution in [0.15, 0.2) is 50.6 Å². The zero-order valence-corrected chi connectivity index (χ0v) is 16.3. The van der Waals surface area contributed by atoms with Crippen molar-refractivity contribution in [2.45, 2.75) is 25.7 Å². The molecule has 1 heterocycles. The average Bonchev–Trinajstić information content (AvgIpc) is 2.67. The molecular formula is C18H34BrClN2. The van der Waals surface area contributed by atoms with Crippen molar-refractivity contribution in [3.63, 3.8) is 0 Å². The zero-order valence-electron chi connectivity index (χ0n) is 14.0. The van der Waals surface area contributed by atoms with Gasteiger partial charge in [-0.25, -0.2) is 0 Å². The lowest BCUT2D eigenvalue weighted by Crippen LogP contribution is -3.00. The first-order valence-corrected chi connectivity index (χ1v) is 7.85. The highest BCUT2D eigenvalue weighted by atomic mass is 79.9. The van der Waals surface area contributed by atoms with Crippen LogP contribution in [0.25, 0.3) is 0 Å². The molecule has 0 aromatic rings. The van der Waals surface area contributed by atoms with Crippen molar-refractivity contribution in [3.8, 4) is 0 Å². The second kappa shape index (κ2) is 18.7. The fraction of sp³-hybridized carbons (Fsp3) is 0.556. The van der Waals surface area contributed by atoms with Crippen molar-refractivity contribution >= 4 is 0 Å². The van der Waals surface area contributed by atoms with E-state index in [1.54, 1.807) is 0 Å². The van der Waals surface area contributed by atoms with Crippen molar-refractivity contribution in [2.24, 2.45) is 0 Å². The van der Waals surface area contributed by atoms with Gasteiger partial charge in [0.2, 0.25) is 0 Å². The van der Waals surface area contributed by atoms with Crippen LogP contribution in [0, 0.1) is 0 Å². The Bertz CT molecular complexity index is 265. The summed E-state index contributed by atoms with van der Waals surface area (Å²) in [6.45, 7) is 21.7. The minimum absolute atomic E-state index is 0. The third-order valence-corrected chi connectivity index (χ3v) is 3.71. The van der Waals surface area contributed by atoms with E-state index >= 15 is 0 Å². The maximum Gasteiger partial charge on any atom is 0.0973 e. The number of hydrogen-bond acceptors (Lipinski definition) is 0. The van der Waals surface area contributed by atoms with E-state index in [0.29, 0.717) is 0 Å². The smallest absolute Gasteiger partial charge is 0.0973 e. The molecule has 2 N–H and O–H groups in total. The van der Waals surface area contributed by atoms with Crippen molar-refractivity contribution < 1.29 is 39.2 Å². The van der Waals surface area contributed by atoms with E-state index in [-0.39, 0.29) is 29.4 Å². The summed E-state index contributed by atoms with van der Waals surface area (Å²) in [6, 6.07) is 0. The van der Waals surface area contributed by atoms with E-state index < -0.39 is 0 Å². The van der Waals surface area contributed by atoms with Crippen LogP contribution in [0.2, 0.25) is 0 Å². The summed E-state index contributed by atoms with van der Waals surface area (Å²) < 4.78 is 1.20. The third kappa shape index (κ3) is 13.3. The Morgan fingerprint density at radius 2 is 1.14 bits per heavy atom. The average molecular weight is 394 g/mol. The molecule has 22 heavy (non-hydrogen) atoms. The van der Waals surface area contributed by atoms with Crippen LogP contribution < -0.4 is 34.7 Å². The Morgan fingerprint density at radius 3 is 1.45 bits per heavy atom. The van der Waals surface area contributed by atoms with Crippen LogP contribution >= 0.6 is 0 Å². The van der Waals surface area contributed by atoms with Crippen LogP contribution in [-0.4, -0.2) is 43.8 Å². The largest absolute Gasteiger partial charge is 1.00 e. The third-order valence-electron chi connectivity index (χ3n) is 3.71. The molecule has 0 unspecified atom stereocenters. The highest BCUT2D eigenvalue weighted by Gasteiger charge is 2.25. The Labute approximate surface area is 154 Å². The summed E-state index contributed by atoms with van der Waals surface area (Å²) in [7, 11) is 0. The summed E-state index contributed by atoms with van der Waals surface area (Å²) in [4.78, 5) is 0. The molecule has 0 saturated carbocycles. The van der Waals surface area contributed by atoms with E-state index in [1.165, 1.54) is 43.3 Å². The number of quaternary nitrogens is 2. The SMILES string of the molecule is C=CC[N+]1(CC=C)CCCCCC1.C=CC[NH2+]CC=C.[Br-].[Cl-]. The first kappa shape index (κ1) is 26.5. The normalized spacial score (nSPS) is 15.5. The first-order valence-electron chi connectivity index (χ1n) is 7.85. The molecule has 0 aliphatic carbocycles. The molecule has 1 fully saturated rings. The molecule has 1 aliphatic heterocycles. The highest BCUT2D eigenvalue weighted by molar-refractivity contribution is 4.73. The second-order valence-electron chi connectivity index (χ2n) is 5.48. The van der Waals surface area contributed by atoms with Gasteiger partial charge in [-0.15, -0.1) is 0 Å². The van der Waals surface area contributed by atoms with E-state index in [4.69, 9.17) is 0 Å². The van der Waals surface area contributed by atoms with Gasteiger partial charge in [-0.05, 0) is 50.0 Å². The number of hydrogen-bond donors (Lipinski definition) is 1. The molecule has 130 valence electrons. The van der Waals surface area contributed by atoms with Gasteiger partial charge >= 0.3 is 0 Å². The Kier molecular flexibility index (Phi) is 22.6. The molecule has 0 radical (unpaired) electrons. The van der Waals surface area contributed by atoms with E-state index in [0.717, 1.165) is 26.2 Å². The molecule has 0 aromatic carbocycles. The van der Waals surface area contributed by atoms with E-state index in [1.807, 2.05) is 12.2 Å². The molecule has 0 aromatic heterocycles. The molecule has 0 amide bonds. The maximum absolute atomic E-state index is 3.86. The topological polar surface area (TPSA) is 16.6 Å². The number of rotatable bonds is 8. The summed E-state index contributed by atoms with van der Waals surface area (Å²) in [5, 5.41) is 2.12. The predicted octanol–water partition coefficient (Wildman–Crippen LogP) is -3.32. The fourth-order valence-electron chi connectivity index (χ4n) is 2.68. The van der Waals surface area contributed by atoms with Gasteiger partial charge in [0, 0.05) is 0 Å². The Hall–Kier alpha value is -0.350. The summed E-state index contributed by atoms with van der Waals surface area (Å²) >= 11 is 0. The van der Waals surface area contributed by atoms with Crippen molar-refractivity contribution in [1.82, 2.24) is 0 Å². The standard InChI is InChI=1S/C12H22N.C6H11N.BrH.ClH/c1-3-9-13(10-4-2)11-7-5-6-8-12-13;1-3-5-7-6-4-2;;/h3-4H,1-2,5-12H2;3-4,7H,1-2,5-6H2;2*1H/q+1;;;/p-1. The lowest BCUT2D eigenvalue weighted by atomic mass is 10.2. The Balaban J connectivity index is -0.000000350. The number of likely N-dealkylation sites (tertiary alicyclic amines) is 1. The minimum Gasteiger partial charge on any atom is -1.00 e. The molecule has 1 saturated heterocycles. The van der Waals surface area contributed by atoms with Crippen LogP contribution in [0.4, 0.5) is 0 Å². The van der Waals surface area contributed by atoms with E-state index in [2.05, 4.69) is 43.8 Å². The molecule has 0 atom stereocenters. The number of nitrogens with zero attached hydrogens (tertiary/aromatic N) is 1. The molecule has 1 rings (SSSR count). The van der Waals surface area contributed by atoms with Gasteiger partial charge in [0.05, 0.1) is 39.3 Å². The van der Waals surface area contributed by atoms with E-state index in [9.17, 15) is 0 Å². The van der Waals surface area contributed by atoms with Gasteiger partial charge in [0.15, 0.2) is 0 Å². The monoisotopic (exact) mass is 392 g/mol. The van der Waals surface area contributed by atoms with Crippen molar-refractivity contribution in [1.29, 1.82) is 0 Å². The molecule has 0 spiro atoms. The number of nitrogens with two attached hydrogens (primary N) is 1. The molecular weight excluding hydrogens is 360 g/mol. The van der Waals surface area contributed by atoms with Crippen LogP contribution in [-0.2, 0) is 0 Å². The van der Waals surface area contributed by atoms with Gasteiger partial charge in [0.25, 0.3) is 0 Å². The van der Waals surface area contributed by atoms with Gasteiger partial charge in [-0.2, -0.15) is 0 Å². The maximum atomic E-state index is 3.86. The molecule has 2 nitrogen and oxygen atoms in total. The first-order chi connectivity index (χ1) is 9.74. The highest BCUT2D eigenvalue weighted by Crippen LogP contribution is 2.18. The van der Waals surface area contributed by atoms with Crippen LogP contribution in [0.3, 0.4) is 0 Å². The van der Waals surface area contributed by atoms with Crippen molar-refractivity contribution in [2.75, 3.05) is 39.3 Å². The Morgan fingerprint density at radius 1 is 0.727 bits per heavy atom. The fourth-order valence-corrected chi connectivity index (χ4v) is 2.68. The second-order valence-corrected chi connectivity index (χ2v) is 5.48. The van der Waals surface area contributed by atoms with Gasteiger partial charge in [-0.1, -0.05) is 26.3 Å². The lowest BCUT2D eigenvalue weighted by molar-refractivity contribution is -0.916. The van der Waals surface area contributed by atoms with Crippen molar-refractivity contribution in [3.05, 3.63) is 50.6 Å². The molecule has 1 aliphatic rings. The van der Waals surface area contributed by atoms with Crippen LogP contribution in [0.1, 0.15) is 25.7 Å². The lowest BCUT2D eigenvalue weighted by Gasteiger charge is -2.35. The van der Waals surface area contributed by atoms with Gasteiger partial charge in [-0.3, -0.25) is 0 Å². The minimum atomic E-state index is 0. The molecule has 0 bridgehead atoms. The van der Waals surface area contributed by atoms with Crippen LogP contribution in [0.5, 0.6) is 0 Å².